The van der Waals surface area contributed by atoms with E-state index in [1.54, 1.807) is 0 Å². The number of fused-ring (bicyclic) bond motifs is 1. The molecule has 2 aromatic rings. The first-order valence-electron chi connectivity index (χ1n) is 7.64. The van der Waals surface area contributed by atoms with E-state index in [9.17, 15) is 0 Å². The molecule has 1 aromatic carbocycles. The van der Waals surface area contributed by atoms with Crippen LogP contribution < -0.4 is 10.1 Å². The molecule has 21 heavy (non-hydrogen) atoms. The molecule has 0 bridgehead atoms. The molecule has 2 heterocycles. The van der Waals surface area contributed by atoms with Crippen molar-refractivity contribution in [1.29, 1.82) is 0 Å². The molecule has 1 atom stereocenters. The van der Waals surface area contributed by atoms with E-state index >= 15 is 0 Å². The van der Waals surface area contributed by atoms with Crippen LogP contribution in [0, 0.1) is 0 Å². The summed E-state index contributed by atoms with van der Waals surface area (Å²) < 4.78 is 5.84. The fraction of sp³-hybridized carbons (Fsp3) is 0.412. The second-order valence-corrected chi connectivity index (χ2v) is 5.88. The van der Waals surface area contributed by atoms with E-state index in [1.165, 1.54) is 18.4 Å². The van der Waals surface area contributed by atoms with Crippen LogP contribution in [0.3, 0.4) is 0 Å². The van der Waals surface area contributed by atoms with Crippen molar-refractivity contribution >= 4 is 0 Å². The molecule has 4 nitrogen and oxygen atoms in total. The molecule has 0 radical (unpaired) electrons. The molecular weight excluding hydrogens is 262 g/mol. The summed E-state index contributed by atoms with van der Waals surface area (Å²) in [6.45, 7) is 1.50. The number of nitrogens with one attached hydrogen (secondary N) is 1. The third-order valence-corrected chi connectivity index (χ3v) is 4.13. The van der Waals surface area contributed by atoms with Gasteiger partial charge < -0.3 is 10.1 Å². The van der Waals surface area contributed by atoms with E-state index < -0.39 is 0 Å². The van der Waals surface area contributed by atoms with Crippen LogP contribution in [-0.2, 0) is 13.0 Å². The molecule has 2 aliphatic rings. The minimum Gasteiger partial charge on any atom is -0.493 e. The summed E-state index contributed by atoms with van der Waals surface area (Å²) in [4.78, 5) is 9.18. The van der Waals surface area contributed by atoms with Gasteiger partial charge in [0, 0.05) is 18.8 Å². The lowest BCUT2D eigenvalue weighted by molar-refractivity contribution is 0.257. The summed E-state index contributed by atoms with van der Waals surface area (Å²) in [6.07, 6.45) is 5.42. The van der Waals surface area contributed by atoms with Gasteiger partial charge in [0.2, 0.25) is 0 Å². The van der Waals surface area contributed by atoms with Crippen molar-refractivity contribution in [3.05, 3.63) is 53.6 Å². The van der Waals surface area contributed by atoms with Gasteiger partial charge in [0.1, 0.15) is 11.6 Å². The van der Waals surface area contributed by atoms with Crippen LogP contribution in [0.1, 0.15) is 35.8 Å². The Morgan fingerprint density at radius 3 is 3.00 bits per heavy atom. The summed E-state index contributed by atoms with van der Waals surface area (Å²) in [5, 5.41) is 3.50. The summed E-state index contributed by atoms with van der Waals surface area (Å²) in [5.74, 6) is 2.15. The van der Waals surface area contributed by atoms with Gasteiger partial charge in [0.25, 0.3) is 0 Å². The normalized spacial score (nSPS) is 20.7. The first-order chi connectivity index (χ1) is 10.4. The van der Waals surface area contributed by atoms with E-state index in [1.807, 2.05) is 24.4 Å². The Balaban J connectivity index is 1.49. The summed E-state index contributed by atoms with van der Waals surface area (Å²) >= 11 is 0. The highest BCUT2D eigenvalue weighted by molar-refractivity contribution is 5.36. The molecule has 4 heteroatoms. The van der Waals surface area contributed by atoms with Gasteiger partial charge in [-0.05, 0) is 37.0 Å². The molecule has 1 aliphatic heterocycles. The fourth-order valence-corrected chi connectivity index (χ4v) is 2.74. The largest absolute Gasteiger partial charge is 0.493 e. The number of rotatable bonds is 4. The average Bonchev–Trinajstić information content (AvgIpc) is 3.37. The maximum atomic E-state index is 5.84. The number of benzene rings is 1. The molecule has 1 unspecified atom stereocenters. The predicted molar refractivity (Wildman–Crippen MR) is 80.3 cm³/mol. The first kappa shape index (κ1) is 12.8. The van der Waals surface area contributed by atoms with E-state index in [0.717, 1.165) is 30.2 Å². The van der Waals surface area contributed by atoms with Gasteiger partial charge in [-0.1, -0.05) is 18.2 Å². The van der Waals surface area contributed by atoms with Crippen molar-refractivity contribution in [2.75, 3.05) is 6.61 Å². The topological polar surface area (TPSA) is 47.0 Å². The van der Waals surface area contributed by atoms with Crippen LogP contribution in [0.2, 0.25) is 0 Å². The SMILES string of the molecule is c1ccc2c(c1)CC(c1nccc(CNC3CC3)n1)CO2. The number of nitrogens with zero attached hydrogens (tertiary/aromatic N) is 2. The first-order valence-corrected chi connectivity index (χ1v) is 7.64. The van der Waals surface area contributed by atoms with Crippen LogP contribution in [0.25, 0.3) is 0 Å². The lowest BCUT2D eigenvalue weighted by Gasteiger charge is -2.24. The smallest absolute Gasteiger partial charge is 0.135 e. The molecule has 0 spiro atoms. The van der Waals surface area contributed by atoms with Crippen LogP contribution in [-0.4, -0.2) is 22.6 Å². The molecule has 0 amide bonds. The van der Waals surface area contributed by atoms with Crippen molar-refractivity contribution in [3.63, 3.8) is 0 Å². The van der Waals surface area contributed by atoms with Crippen molar-refractivity contribution in [3.8, 4) is 5.75 Å². The lowest BCUT2D eigenvalue weighted by atomic mass is 9.96. The minimum absolute atomic E-state index is 0.251. The highest BCUT2D eigenvalue weighted by atomic mass is 16.5. The Hall–Kier alpha value is -1.94. The van der Waals surface area contributed by atoms with E-state index in [2.05, 4.69) is 22.4 Å². The van der Waals surface area contributed by atoms with Crippen molar-refractivity contribution < 1.29 is 4.74 Å². The van der Waals surface area contributed by atoms with Crippen molar-refractivity contribution in [1.82, 2.24) is 15.3 Å². The minimum atomic E-state index is 0.251. The maximum absolute atomic E-state index is 5.84. The number of hydrogen-bond acceptors (Lipinski definition) is 4. The molecule has 1 saturated carbocycles. The number of ether oxygens (including phenoxy) is 1. The van der Waals surface area contributed by atoms with E-state index in [-0.39, 0.29) is 5.92 Å². The van der Waals surface area contributed by atoms with Gasteiger partial charge in [-0.25, -0.2) is 9.97 Å². The standard InChI is InChI=1S/C17H19N3O/c1-2-4-16-12(3-1)9-13(11-21-16)17-18-8-7-15(20-17)10-19-14-5-6-14/h1-4,7-8,13-14,19H,5-6,9-11H2. The number of para-hydroxylation sites is 1. The molecular formula is C17H19N3O. The van der Waals surface area contributed by atoms with Gasteiger partial charge in [-0.3, -0.25) is 0 Å². The Labute approximate surface area is 124 Å². The predicted octanol–water partition coefficient (Wildman–Crippen LogP) is 2.45. The van der Waals surface area contributed by atoms with Gasteiger partial charge in [0.15, 0.2) is 0 Å². The average molecular weight is 281 g/mol. The summed E-state index contributed by atoms with van der Waals surface area (Å²) in [5.41, 5.74) is 2.32. The van der Waals surface area contributed by atoms with Crippen molar-refractivity contribution in [2.45, 2.75) is 37.8 Å². The van der Waals surface area contributed by atoms with Crippen LogP contribution in [0.5, 0.6) is 5.75 Å². The summed E-state index contributed by atoms with van der Waals surface area (Å²) in [7, 11) is 0. The van der Waals surface area contributed by atoms with E-state index in [4.69, 9.17) is 9.72 Å². The molecule has 1 N–H and O–H groups in total. The Morgan fingerprint density at radius 2 is 2.10 bits per heavy atom. The third-order valence-electron chi connectivity index (χ3n) is 4.13. The Morgan fingerprint density at radius 1 is 1.19 bits per heavy atom. The lowest BCUT2D eigenvalue weighted by Crippen LogP contribution is -2.22. The van der Waals surface area contributed by atoms with Gasteiger partial charge in [-0.2, -0.15) is 0 Å². The molecule has 108 valence electrons. The van der Waals surface area contributed by atoms with Crippen LogP contribution in [0.4, 0.5) is 0 Å². The zero-order chi connectivity index (χ0) is 14.1. The molecule has 1 aromatic heterocycles. The summed E-state index contributed by atoms with van der Waals surface area (Å²) in [6, 6.07) is 10.9. The maximum Gasteiger partial charge on any atom is 0.135 e. The fourth-order valence-electron chi connectivity index (χ4n) is 2.74. The second kappa shape index (κ2) is 5.45. The van der Waals surface area contributed by atoms with Crippen LogP contribution in [0.15, 0.2) is 36.5 Å². The Bertz CT molecular complexity index is 639. The number of aromatic nitrogens is 2. The Kier molecular flexibility index (Phi) is 3.31. The zero-order valence-corrected chi connectivity index (χ0v) is 12.0. The third kappa shape index (κ3) is 2.90. The van der Waals surface area contributed by atoms with Gasteiger partial charge in [0.05, 0.1) is 18.2 Å². The molecule has 0 saturated heterocycles. The van der Waals surface area contributed by atoms with E-state index in [0.29, 0.717) is 12.6 Å². The highest BCUT2D eigenvalue weighted by Gasteiger charge is 2.24. The quantitative estimate of drug-likeness (QED) is 0.935. The molecule has 1 aliphatic carbocycles. The molecule has 1 fully saturated rings. The van der Waals surface area contributed by atoms with Gasteiger partial charge in [-0.15, -0.1) is 0 Å². The molecule has 4 rings (SSSR count). The van der Waals surface area contributed by atoms with Crippen LogP contribution >= 0.6 is 0 Å². The highest BCUT2D eigenvalue weighted by Crippen LogP contribution is 2.30. The second-order valence-electron chi connectivity index (χ2n) is 5.88. The zero-order valence-electron chi connectivity index (χ0n) is 12.0. The number of hydrogen-bond donors (Lipinski definition) is 1. The van der Waals surface area contributed by atoms with Gasteiger partial charge >= 0.3 is 0 Å². The van der Waals surface area contributed by atoms with Crippen molar-refractivity contribution in [2.24, 2.45) is 0 Å². The monoisotopic (exact) mass is 281 g/mol.